The molecule has 0 saturated carbocycles. The fourth-order valence-electron chi connectivity index (χ4n) is 3.86. The number of nitrogens with one attached hydrogen (secondary N) is 2. The molecule has 1 aromatic heterocycles. The van der Waals surface area contributed by atoms with E-state index < -0.39 is 17.6 Å². The Morgan fingerprint density at radius 2 is 1.80 bits per heavy atom. The second kappa shape index (κ2) is 7.93. The average molecular weight is 481 g/mol. The molecule has 3 aromatic rings. The lowest BCUT2D eigenvalue weighted by atomic mass is 9.83. The molecule has 2 amide bonds. The Morgan fingerprint density at radius 3 is 2.60 bits per heavy atom. The molecule has 10 heteroatoms. The van der Waals surface area contributed by atoms with Crippen LogP contribution in [0.4, 0.5) is 20.3 Å². The lowest BCUT2D eigenvalue weighted by Crippen LogP contribution is -2.35. The number of anilines is 2. The Kier molecular flexibility index (Phi) is 5.12. The zero-order chi connectivity index (χ0) is 25.0. The van der Waals surface area contributed by atoms with Gasteiger partial charge in [0.1, 0.15) is 11.6 Å². The molecule has 0 bridgehead atoms. The fraction of sp³-hybridized carbons (Fsp3) is 0.240. The highest BCUT2D eigenvalue weighted by molar-refractivity contribution is 5.98. The van der Waals surface area contributed by atoms with Crippen molar-refractivity contribution in [2.24, 2.45) is 0 Å². The summed E-state index contributed by atoms with van der Waals surface area (Å²) in [5.41, 5.74) is 2.13. The summed E-state index contributed by atoms with van der Waals surface area (Å²) in [5.74, 6) is 0.0260. The molecule has 5 rings (SSSR count). The number of nitrogens with zero attached hydrogens (tertiary/aromatic N) is 1. The van der Waals surface area contributed by atoms with Crippen molar-refractivity contribution in [3.05, 3.63) is 59.7 Å². The van der Waals surface area contributed by atoms with E-state index in [1.54, 1.807) is 38.1 Å². The first-order chi connectivity index (χ1) is 16.5. The van der Waals surface area contributed by atoms with E-state index in [1.807, 2.05) is 19.1 Å². The van der Waals surface area contributed by atoms with Gasteiger partial charge in [0.15, 0.2) is 18.1 Å². The quantitative estimate of drug-likeness (QED) is 0.564. The van der Waals surface area contributed by atoms with Crippen LogP contribution in [0.5, 0.6) is 17.2 Å². The van der Waals surface area contributed by atoms with E-state index in [1.165, 1.54) is 12.1 Å². The summed E-state index contributed by atoms with van der Waals surface area (Å²) in [7, 11) is 0. The normalized spacial score (nSPS) is 15.6. The number of carbonyl (C=O) groups excluding carboxylic acids is 2. The van der Waals surface area contributed by atoms with Gasteiger partial charge in [-0.1, -0.05) is 12.1 Å². The number of hydrogen-bond donors (Lipinski definition) is 2. The average Bonchev–Trinajstić information content (AvgIpc) is 3.12. The van der Waals surface area contributed by atoms with E-state index in [-0.39, 0.29) is 24.0 Å². The van der Waals surface area contributed by atoms with Gasteiger partial charge < -0.3 is 24.8 Å². The van der Waals surface area contributed by atoms with E-state index >= 15 is 0 Å². The van der Waals surface area contributed by atoms with Crippen LogP contribution in [-0.2, 0) is 15.0 Å². The van der Waals surface area contributed by atoms with Crippen LogP contribution in [-0.4, -0.2) is 29.7 Å². The van der Waals surface area contributed by atoms with Crippen LogP contribution in [0.15, 0.2) is 48.5 Å². The van der Waals surface area contributed by atoms with Crippen LogP contribution in [0.3, 0.4) is 0 Å². The van der Waals surface area contributed by atoms with E-state index in [2.05, 4.69) is 25.1 Å². The van der Waals surface area contributed by atoms with Crippen molar-refractivity contribution in [2.75, 3.05) is 17.2 Å². The van der Waals surface area contributed by atoms with Gasteiger partial charge in [0.2, 0.25) is 5.91 Å². The van der Waals surface area contributed by atoms with Gasteiger partial charge in [-0.2, -0.15) is 0 Å². The second-order valence-electron chi connectivity index (χ2n) is 8.82. The minimum absolute atomic E-state index is 0.0350. The van der Waals surface area contributed by atoms with Gasteiger partial charge in [0, 0.05) is 5.56 Å². The molecule has 3 heterocycles. The van der Waals surface area contributed by atoms with Gasteiger partial charge in [-0.15, -0.1) is 8.78 Å². The number of rotatable bonds is 4. The summed E-state index contributed by atoms with van der Waals surface area (Å²) >= 11 is 0. The Hall–Kier alpha value is -4.21. The summed E-state index contributed by atoms with van der Waals surface area (Å²) in [4.78, 5) is 29.5. The minimum Gasteiger partial charge on any atom is -0.482 e. The second-order valence-corrected chi connectivity index (χ2v) is 8.82. The maximum absolute atomic E-state index is 13.4. The van der Waals surface area contributed by atoms with Gasteiger partial charge in [-0.3, -0.25) is 9.59 Å². The zero-order valence-corrected chi connectivity index (χ0v) is 19.1. The monoisotopic (exact) mass is 481 g/mol. The molecule has 0 spiro atoms. The van der Waals surface area contributed by atoms with E-state index in [9.17, 15) is 18.4 Å². The highest BCUT2D eigenvalue weighted by Crippen LogP contribution is 2.43. The van der Waals surface area contributed by atoms with E-state index in [0.29, 0.717) is 28.5 Å². The molecular weight excluding hydrogens is 460 g/mol. The molecule has 0 saturated heterocycles. The van der Waals surface area contributed by atoms with Crippen LogP contribution in [0, 0.1) is 6.92 Å². The highest BCUT2D eigenvalue weighted by atomic mass is 19.3. The Bertz CT molecular complexity index is 1370. The molecule has 2 aromatic carbocycles. The summed E-state index contributed by atoms with van der Waals surface area (Å²) in [6.07, 6.45) is -3.73. The molecule has 0 radical (unpaired) electrons. The lowest BCUT2D eigenvalue weighted by molar-refractivity contribution is -0.286. The van der Waals surface area contributed by atoms with Crippen molar-refractivity contribution in [2.45, 2.75) is 32.5 Å². The van der Waals surface area contributed by atoms with Crippen molar-refractivity contribution < 1.29 is 32.6 Å². The van der Waals surface area contributed by atoms with E-state index in [0.717, 1.165) is 11.1 Å². The fourth-order valence-corrected chi connectivity index (χ4v) is 3.86. The van der Waals surface area contributed by atoms with Crippen molar-refractivity contribution >= 4 is 23.3 Å². The van der Waals surface area contributed by atoms with Crippen LogP contribution in [0.2, 0.25) is 0 Å². The molecule has 0 unspecified atom stereocenters. The first-order valence-corrected chi connectivity index (χ1v) is 10.8. The van der Waals surface area contributed by atoms with Crippen molar-refractivity contribution in [3.8, 4) is 28.5 Å². The molecule has 2 aliphatic rings. The standard InChI is InChI=1S/C25H21F2N3O5/c1-13-4-9-20(29-22(13)14-5-7-17-16(10-14)28-21(31)12-33-17)30-23(32)24(2,3)15-6-8-18-19(11-15)35-25(26,27)34-18/h4-11H,12H2,1-3H3,(H,28,31)(H,29,30,32). The van der Waals surface area contributed by atoms with Crippen LogP contribution in [0.1, 0.15) is 25.0 Å². The van der Waals surface area contributed by atoms with Gasteiger partial charge in [-0.05, 0) is 68.3 Å². The summed E-state index contributed by atoms with van der Waals surface area (Å²) in [5, 5.41) is 5.58. The highest BCUT2D eigenvalue weighted by Gasteiger charge is 2.44. The Balaban J connectivity index is 1.39. The molecule has 8 nitrogen and oxygen atoms in total. The summed E-state index contributed by atoms with van der Waals surface area (Å²) in [6.45, 7) is 5.18. The summed E-state index contributed by atoms with van der Waals surface area (Å²) in [6, 6.07) is 13.1. The van der Waals surface area contributed by atoms with Gasteiger partial charge >= 0.3 is 6.29 Å². The van der Waals surface area contributed by atoms with Gasteiger partial charge in [0.25, 0.3) is 5.91 Å². The number of alkyl halides is 2. The first-order valence-electron chi connectivity index (χ1n) is 10.8. The number of carbonyl (C=O) groups is 2. The van der Waals surface area contributed by atoms with E-state index in [4.69, 9.17) is 4.74 Å². The number of benzene rings is 2. The number of aryl methyl sites for hydroxylation is 1. The molecular formula is C25H21F2N3O5. The van der Waals surface area contributed by atoms with Crippen molar-refractivity contribution in [1.82, 2.24) is 4.98 Å². The molecule has 2 aliphatic heterocycles. The van der Waals surface area contributed by atoms with Gasteiger partial charge in [0.05, 0.1) is 16.8 Å². The largest absolute Gasteiger partial charge is 0.586 e. The zero-order valence-electron chi connectivity index (χ0n) is 19.1. The summed E-state index contributed by atoms with van der Waals surface area (Å²) < 4.78 is 41.1. The molecule has 0 atom stereocenters. The number of halogens is 2. The number of pyridine rings is 1. The number of fused-ring (bicyclic) bond motifs is 2. The third kappa shape index (κ3) is 4.23. The number of hydrogen-bond acceptors (Lipinski definition) is 6. The topological polar surface area (TPSA) is 98.8 Å². The van der Waals surface area contributed by atoms with Gasteiger partial charge in [-0.25, -0.2) is 4.98 Å². The van der Waals surface area contributed by atoms with Crippen LogP contribution < -0.4 is 24.8 Å². The predicted octanol–water partition coefficient (Wildman–Crippen LogP) is 4.63. The minimum atomic E-state index is -3.73. The van der Waals surface area contributed by atoms with Crippen LogP contribution >= 0.6 is 0 Å². The number of aromatic nitrogens is 1. The maximum Gasteiger partial charge on any atom is 0.586 e. The smallest absolute Gasteiger partial charge is 0.482 e. The van der Waals surface area contributed by atoms with Crippen molar-refractivity contribution in [1.29, 1.82) is 0 Å². The Morgan fingerprint density at radius 1 is 1.06 bits per heavy atom. The SMILES string of the molecule is Cc1ccc(NC(=O)C(C)(C)c2ccc3c(c2)OC(F)(F)O3)nc1-c1ccc2c(c1)NC(=O)CO2. The lowest BCUT2D eigenvalue weighted by Gasteiger charge is -2.24. The Labute approximate surface area is 199 Å². The number of amides is 2. The molecule has 0 fully saturated rings. The molecule has 2 N–H and O–H groups in total. The number of ether oxygens (including phenoxy) is 3. The third-order valence-electron chi connectivity index (χ3n) is 5.92. The molecule has 180 valence electrons. The molecule has 35 heavy (non-hydrogen) atoms. The van der Waals surface area contributed by atoms with Crippen molar-refractivity contribution in [3.63, 3.8) is 0 Å². The third-order valence-corrected chi connectivity index (χ3v) is 5.92. The first kappa shape index (κ1) is 22.6. The predicted molar refractivity (Wildman–Crippen MR) is 123 cm³/mol. The van der Waals surface area contributed by atoms with Crippen LogP contribution in [0.25, 0.3) is 11.3 Å². The molecule has 0 aliphatic carbocycles. The maximum atomic E-state index is 13.4.